The van der Waals surface area contributed by atoms with E-state index in [0.717, 1.165) is 11.8 Å². The fourth-order valence-corrected chi connectivity index (χ4v) is 4.37. The summed E-state index contributed by atoms with van der Waals surface area (Å²) in [6.45, 7) is 1.23. The lowest BCUT2D eigenvalue weighted by Crippen LogP contribution is -2.68. The maximum atomic E-state index is 12.7. The third-order valence-corrected chi connectivity index (χ3v) is 5.76. The number of amides is 1. The van der Waals surface area contributed by atoms with Gasteiger partial charge in [0.25, 0.3) is 0 Å². The second-order valence-electron chi connectivity index (χ2n) is 6.59. The SMILES string of the molecule is COC(=O)[C@]1(Sc2ccccc2)C[C@@H](O)[C@@H](NC(C)=O)C([C@H](O)[C@H](O)C[NH3+])O1. The highest BCUT2D eigenvalue weighted by Crippen LogP contribution is 2.44. The van der Waals surface area contributed by atoms with E-state index in [1.165, 1.54) is 14.0 Å². The molecule has 1 saturated heterocycles. The molecule has 1 aliphatic rings. The van der Waals surface area contributed by atoms with Crippen LogP contribution in [-0.2, 0) is 19.1 Å². The zero-order valence-corrected chi connectivity index (χ0v) is 16.6. The van der Waals surface area contributed by atoms with Crippen LogP contribution in [0.5, 0.6) is 0 Å². The normalized spacial score (nSPS) is 29.6. The third kappa shape index (κ3) is 5.02. The molecular weight excluding hydrogens is 388 g/mol. The summed E-state index contributed by atoms with van der Waals surface area (Å²) in [6, 6.07) is 7.89. The Balaban J connectivity index is 2.43. The molecular formula is C18H27N2O7S+. The van der Waals surface area contributed by atoms with Crippen LogP contribution in [0.2, 0.25) is 0 Å². The molecule has 1 heterocycles. The molecule has 0 aliphatic carbocycles. The first-order valence-corrected chi connectivity index (χ1v) is 9.66. The van der Waals surface area contributed by atoms with E-state index in [1.807, 2.05) is 6.07 Å². The largest absolute Gasteiger partial charge is 0.466 e. The molecule has 0 saturated carbocycles. The number of thioether (sulfide) groups is 1. The van der Waals surface area contributed by atoms with Gasteiger partial charge < -0.3 is 35.8 Å². The average molecular weight is 415 g/mol. The molecule has 1 fully saturated rings. The molecule has 0 spiro atoms. The molecule has 156 valence electrons. The Morgan fingerprint density at radius 3 is 2.57 bits per heavy atom. The minimum atomic E-state index is -1.67. The Hall–Kier alpha value is -1.69. The van der Waals surface area contributed by atoms with E-state index < -0.39 is 47.3 Å². The van der Waals surface area contributed by atoms with Crippen LogP contribution < -0.4 is 11.1 Å². The average Bonchev–Trinajstić information content (AvgIpc) is 2.68. The Kier molecular flexibility index (Phi) is 7.81. The molecule has 1 unspecified atom stereocenters. The highest BCUT2D eigenvalue weighted by molar-refractivity contribution is 8.01. The van der Waals surface area contributed by atoms with Gasteiger partial charge in [0, 0.05) is 18.2 Å². The number of esters is 1. The lowest BCUT2D eigenvalue weighted by molar-refractivity contribution is -0.391. The van der Waals surface area contributed by atoms with Crippen molar-refractivity contribution in [2.45, 2.75) is 53.6 Å². The number of carbonyl (C=O) groups is 2. The molecule has 7 N–H and O–H groups in total. The topological polar surface area (TPSA) is 153 Å². The Labute approximate surface area is 167 Å². The van der Waals surface area contributed by atoms with Crippen LogP contribution in [0, 0.1) is 0 Å². The van der Waals surface area contributed by atoms with Crippen molar-refractivity contribution in [3.8, 4) is 0 Å². The quantitative estimate of drug-likeness (QED) is 0.329. The summed E-state index contributed by atoms with van der Waals surface area (Å²) in [5.41, 5.74) is 3.55. The van der Waals surface area contributed by atoms with Crippen molar-refractivity contribution in [3.05, 3.63) is 30.3 Å². The number of aliphatic hydroxyl groups is 3. The summed E-state index contributed by atoms with van der Waals surface area (Å²) in [5.74, 6) is -1.20. The molecule has 0 aromatic heterocycles. The molecule has 9 nitrogen and oxygen atoms in total. The first kappa shape index (κ1) is 22.6. The highest BCUT2D eigenvalue weighted by atomic mass is 32.2. The standard InChI is InChI=1S/C18H26N2O7S/c1-10(21)20-14-12(22)8-18(17(25)26-2,28-11-6-4-3-5-7-11)27-16(14)15(24)13(23)9-19/h3-7,12-16,22-24H,8-9,19H2,1-2H3,(H,20,21)/p+1/t12-,13-,14-,15-,16?,18-/m1/s1. The first-order chi connectivity index (χ1) is 13.2. The second-order valence-corrected chi connectivity index (χ2v) is 7.92. The van der Waals surface area contributed by atoms with E-state index >= 15 is 0 Å². The zero-order chi connectivity index (χ0) is 20.9. The summed E-state index contributed by atoms with van der Waals surface area (Å²) in [7, 11) is 1.20. The molecule has 1 aromatic carbocycles. The fraction of sp³-hybridized carbons (Fsp3) is 0.556. The lowest BCUT2D eigenvalue weighted by Gasteiger charge is -2.46. The monoisotopic (exact) mass is 415 g/mol. The predicted molar refractivity (Wildman–Crippen MR) is 99.9 cm³/mol. The van der Waals surface area contributed by atoms with Gasteiger partial charge in [-0.25, -0.2) is 4.79 Å². The Morgan fingerprint density at radius 2 is 2.04 bits per heavy atom. The molecule has 1 amide bonds. The van der Waals surface area contributed by atoms with E-state index in [1.54, 1.807) is 24.3 Å². The Bertz CT molecular complexity index is 677. The van der Waals surface area contributed by atoms with E-state index in [9.17, 15) is 24.9 Å². The van der Waals surface area contributed by atoms with Crippen LogP contribution >= 0.6 is 11.8 Å². The molecule has 10 heteroatoms. The van der Waals surface area contributed by atoms with E-state index in [2.05, 4.69) is 11.1 Å². The van der Waals surface area contributed by atoms with Crippen molar-refractivity contribution in [1.29, 1.82) is 0 Å². The smallest absolute Gasteiger partial charge is 0.349 e. The lowest BCUT2D eigenvalue weighted by atomic mass is 9.89. The van der Waals surface area contributed by atoms with Gasteiger partial charge in [0.1, 0.15) is 24.9 Å². The first-order valence-electron chi connectivity index (χ1n) is 8.85. The van der Waals surface area contributed by atoms with Crippen LogP contribution in [-0.4, -0.2) is 76.2 Å². The van der Waals surface area contributed by atoms with Crippen LogP contribution in [0.3, 0.4) is 0 Å². The van der Waals surface area contributed by atoms with Gasteiger partial charge in [-0.15, -0.1) is 0 Å². The number of benzene rings is 1. The van der Waals surface area contributed by atoms with Gasteiger partial charge in [-0.2, -0.15) is 0 Å². The van der Waals surface area contributed by atoms with Crippen molar-refractivity contribution < 1.29 is 40.1 Å². The van der Waals surface area contributed by atoms with Crippen molar-refractivity contribution in [2.24, 2.45) is 0 Å². The predicted octanol–water partition coefficient (Wildman–Crippen LogP) is -1.73. The summed E-state index contributed by atoms with van der Waals surface area (Å²) >= 11 is 1.03. The Morgan fingerprint density at radius 1 is 1.39 bits per heavy atom. The van der Waals surface area contributed by atoms with E-state index in [0.29, 0.717) is 4.90 Å². The van der Waals surface area contributed by atoms with Gasteiger partial charge in [0.2, 0.25) is 10.8 Å². The van der Waals surface area contributed by atoms with Crippen LogP contribution in [0.15, 0.2) is 35.2 Å². The van der Waals surface area contributed by atoms with Crippen LogP contribution in [0.1, 0.15) is 13.3 Å². The van der Waals surface area contributed by atoms with Gasteiger partial charge in [-0.3, -0.25) is 4.79 Å². The maximum absolute atomic E-state index is 12.7. The number of aliphatic hydroxyl groups excluding tert-OH is 3. The van der Waals surface area contributed by atoms with Crippen molar-refractivity contribution in [2.75, 3.05) is 13.7 Å². The van der Waals surface area contributed by atoms with Crippen molar-refractivity contribution >= 4 is 23.6 Å². The van der Waals surface area contributed by atoms with E-state index in [-0.39, 0.29) is 13.0 Å². The van der Waals surface area contributed by atoms with Gasteiger partial charge >= 0.3 is 5.97 Å². The maximum Gasteiger partial charge on any atom is 0.349 e. The van der Waals surface area contributed by atoms with Gasteiger partial charge in [-0.05, 0) is 12.1 Å². The number of quaternary nitrogens is 1. The number of rotatable bonds is 7. The summed E-state index contributed by atoms with van der Waals surface area (Å²) in [4.78, 5) is 23.2. The third-order valence-electron chi connectivity index (χ3n) is 4.49. The fourth-order valence-electron chi connectivity index (χ4n) is 3.12. The number of hydrogen-bond acceptors (Lipinski definition) is 8. The number of hydrogen-bond donors (Lipinski definition) is 5. The molecule has 1 aromatic rings. The molecule has 0 radical (unpaired) electrons. The van der Waals surface area contributed by atoms with E-state index in [4.69, 9.17) is 9.47 Å². The summed E-state index contributed by atoms with van der Waals surface area (Å²) in [5, 5.41) is 33.9. The number of nitrogens with one attached hydrogen (secondary N) is 1. The molecule has 2 rings (SSSR count). The molecule has 0 bridgehead atoms. The molecule has 1 aliphatic heterocycles. The zero-order valence-electron chi connectivity index (χ0n) is 15.8. The van der Waals surface area contributed by atoms with Gasteiger partial charge in [0.15, 0.2) is 0 Å². The van der Waals surface area contributed by atoms with Crippen LogP contribution in [0.4, 0.5) is 0 Å². The molecule has 6 atom stereocenters. The van der Waals surface area contributed by atoms with Crippen LogP contribution in [0.25, 0.3) is 0 Å². The second kappa shape index (κ2) is 9.68. The van der Waals surface area contributed by atoms with Gasteiger partial charge in [-0.1, -0.05) is 30.0 Å². The van der Waals surface area contributed by atoms with Gasteiger partial charge in [0.05, 0.1) is 19.3 Å². The van der Waals surface area contributed by atoms with Crippen molar-refractivity contribution in [1.82, 2.24) is 5.32 Å². The highest BCUT2D eigenvalue weighted by Gasteiger charge is 2.55. The minimum absolute atomic E-state index is 0.0268. The number of methoxy groups -OCH3 is 1. The van der Waals surface area contributed by atoms with Crippen molar-refractivity contribution in [3.63, 3.8) is 0 Å². The number of carbonyl (C=O) groups excluding carboxylic acids is 2. The summed E-state index contributed by atoms with van der Waals surface area (Å²) in [6.07, 6.45) is -5.45. The summed E-state index contributed by atoms with van der Waals surface area (Å²) < 4.78 is 10.9. The molecule has 28 heavy (non-hydrogen) atoms. The minimum Gasteiger partial charge on any atom is -0.466 e. The number of ether oxygens (including phenoxy) is 2.